The first-order chi connectivity index (χ1) is 15.5. The molecule has 0 radical (unpaired) electrons. The number of nitrogens with zero attached hydrogens (tertiary/aromatic N) is 3. The van der Waals surface area contributed by atoms with Crippen LogP contribution in [0.1, 0.15) is 56.8 Å². The van der Waals surface area contributed by atoms with Crippen LogP contribution in [0.4, 0.5) is 10.5 Å². The zero-order valence-electron chi connectivity index (χ0n) is 18.9. The molecule has 33 heavy (non-hydrogen) atoms. The molecule has 0 aliphatic carbocycles. The van der Waals surface area contributed by atoms with E-state index in [1.54, 1.807) is 20.8 Å². The Labute approximate surface area is 192 Å². The highest BCUT2D eigenvalue weighted by Crippen LogP contribution is 2.31. The summed E-state index contributed by atoms with van der Waals surface area (Å²) in [4.78, 5) is 53.1. The van der Waals surface area contributed by atoms with Crippen molar-refractivity contribution in [3.05, 3.63) is 29.8 Å². The summed E-state index contributed by atoms with van der Waals surface area (Å²) >= 11 is 0. The maximum atomic E-state index is 13.3. The van der Waals surface area contributed by atoms with Crippen LogP contribution in [0, 0.1) is 11.3 Å². The van der Waals surface area contributed by atoms with Gasteiger partial charge in [-0.15, -0.1) is 0 Å². The van der Waals surface area contributed by atoms with Crippen molar-refractivity contribution >= 4 is 29.6 Å². The molecule has 0 spiro atoms. The second-order valence-corrected chi connectivity index (χ2v) is 9.19. The molecule has 1 aromatic rings. The summed E-state index contributed by atoms with van der Waals surface area (Å²) in [6.07, 6.45) is 1.03. The number of anilines is 1. The molecule has 3 rings (SSSR count). The lowest BCUT2D eigenvalue weighted by Gasteiger charge is -2.33. The van der Waals surface area contributed by atoms with E-state index in [4.69, 9.17) is 9.84 Å². The number of carboxylic acids is 1. The molecule has 2 saturated heterocycles. The van der Waals surface area contributed by atoms with Gasteiger partial charge in [0.1, 0.15) is 23.7 Å². The van der Waals surface area contributed by atoms with Gasteiger partial charge in [0.2, 0.25) is 11.8 Å². The van der Waals surface area contributed by atoms with Crippen LogP contribution in [0.5, 0.6) is 0 Å². The molecule has 176 valence electrons. The monoisotopic (exact) mass is 456 g/mol. The van der Waals surface area contributed by atoms with Crippen molar-refractivity contribution in [3.63, 3.8) is 0 Å². The first kappa shape index (κ1) is 24.0. The van der Waals surface area contributed by atoms with Crippen molar-refractivity contribution in [2.24, 2.45) is 0 Å². The molecule has 1 aromatic carbocycles. The average molecular weight is 456 g/mol. The van der Waals surface area contributed by atoms with Gasteiger partial charge in [-0.1, -0.05) is 0 Å². The third-order valence-corrected chi connectivity index (χ3v) is 5.66. The van der Waals surface area contributed by atoms with E-state index in [1.807, 2.05) is 0 Å². The zero-order chi connectivity index (χ0) is 24.3. The predicted octanol–water partition coefficient (Wildman–Crippen LogP) is 2.61. The van der Waals surface area contributed by atoms with Crippen molar-refractivity contribution in [1.29, 1.82) is 5.26 Å². The Morgan fingerprint density at radius 2 is 1.73 bits per heavy atom. The number of hydrogen-bond donors (Lipinski definition) is 2. The molecule has 2 heterocycles. The predicted molar refractivity (Wildman–Crippen MR) is 117 cm³/mol. The highest BCUT2D eigenvalue weighted by molar-refractivity contribution is 5.99. The van der Waals surface area contributed by atoms with E-state index in [0.717, 1.165) is 0 Å². The second-order valence-electron chi connectivity index (χ2n) is 9.19. The molecule has 10 nitrogen and oxygen atoms in total. The van der Waals surface area contributed by atoms with E-state index in [1.165, 1.54) is 34.1 Å². The molecule has 3 amide bonds. The van der Waals surface area contributed by atoms with Crippen LogP contribution in [0.3, 0.4) is 0 Å². The molecule has 1 unspecified atom stereocenters. The van der Waals surface area contributed by atoms with Gasteiger partial charge in [-0.25, -0.2) is 9.59 Å². The van der Waals surface area contributed by atoms with Crippen LogP contribution in [0.15, 0.2) is 24.3 Å². The Morgan fingerprint density at radius 1 is 1.09 bits per heavy atom. The summed E-state index contributed by atoms with van der Waals surface area (Å²) in [6, 6.07) is 5.37. The van der Waals surface area contributed by atoms with E-state index in [2.05, 4.69) is 11.4 Å². The van der Waals surface area contributed by atoms with Gasteiger partial charge in [0.25, 0.3) is 0 Å². The number of nitriles is 1. The highest BCUT2D eigenvalue weighted by Gasteiger charge is 2.48. The lowest BCUT2D eigenvalue weighted by Crippen LogP contribution is -2.54. The summed E-state index contributed by atoms with van der Waals surface area (Å²) in [5.41, 5.74) is -0.385. The quantitative estimate of drug-likeness (QED) is 0.709. The summed E-state index contributed by atoms with van der Waals surface area (Å²) in [6.45, 7) is 5.53. The van der Waals surface area contributed by atoms with Crippen LogP contribution in [0.2, 0.25) is 0 Å². The smallest absolute Gasteiger partial charge is 0.411 e. The number of amides is 3. The number of benzene rings is 1. The first-order valence-corrected chi connectivity index (χ1v) is 10.9. The molecule has 2 fully saturated rings. The van der Waals surface area contributed by atoms with Crippen molar-refractivity contribution < 1.29 is 29.0 Å². The van der Waals surface area contributed by atoms with Gasteiger partial charge in [-0.2, -0.15) is 5.26 Å². The van der Waals surface area contributed by atoms with Gasteiger partial charge in [-0.3, -0.25) is 14.5 Å². The maximum Gasteiger partial charge on any atom is 0.411 e. The number of likely N-dealkylation sites (tertiary alicyclic amines) is 2. The van der Waals surface area contributed by atoms with Crippen LogP contribution in [-0.2, 0) is 14.3 Å². The third kappa shape index (κ3) is 5.42. The Balaban J connectivity index is 1.82. The summed E-state index contributed by atoms with van der Waals surface area (Å²) in [5, 5.41) is 21.1. The van der Waals surface area contributed by atoms with E-state index in [0.29, 0.717) is 25.1 Å². The lowest BCUT2D eigenvalue weighted by molar-refractivity contribution is -0.137. The highest BCUT2D eigenvalue weighted by atomic mass is 16.6. The molecule has 2 N–H and O–H groups in total. The fraction of sp³-hybridized carbons (Fsp3) is 0.522. The first-order valence-electron chi connectivity index (χ1n) is 10.9. The number of carbonyl (C=O) groups is 4. The molecule has 2 aliphatic heterocycles. The minimum absolute atomic E-state index is 0.0765. The number of aromatic carboxylic acids is 1. The zero-order valence-corrected chi connectivity index (χ0v) is 18.9. The minimum atomic E-state index is -1.08. The molecule has 10 heteroatoms. The minimum Gasteiger partial charge on any atom is -0.478 e. The lowest BCUT2D eigenvalue weighted by atomic mass is 10.1. The van der Waals surface area contributed by atoms with Crippen molar-refractivity contribution in [2.75, 3.05) is 11.9 Å². The van der Waals surface area contributed by atoms with Gasteiger partial charge in [0.05, 0.1) is 11.6 Å². The number of carbonyl (C=O) groups excluding carboxylic acids is 3. The standard InChI is InChI=1S/C23H28N4O6/c1-23(2,3)33-22(32)27-17(19(28)25-15-8-6-14(7-9-15)21(30)31)10-11-18(27)20(29)26-12-4-5-16(26)13-24/h6-9,16-18H,4-5,10-12H2,1-3H3,(H,25,28)(H,30,31)/t16-,17-,18?/m0/s1. The van der Waals surface area contributed by atoms with Crippen LogP contribution in [-0.4, -0.2) is 69.1 Å². The van der Waals surface area contributed by atoms with Gasteiger partial charge < -0.3 is 20.1 Å². The van der Waals surface area contributed by atoms with Gasteiger partial charge in [0, 0.05) is 12.2 Å². The molecular formula is C23H28N4O6. The van der Waals surface area contributed by atoms with Crippen LogP contribution >= 0.6 is 0 Å². The van der Waals surface area contributed by atoms with E-state index < -0.39 is 41.7 Å². The van der Waals surface area contributed by atoms with Gasteiger partial charge in [0.15, 0.2) is 0 Å². The average Bonchev–Trinajstić information content (AvgIpc) is 3.39. The molecule has 0 bridgehead atoms. The summed E-state index contributed by atoms with van der Waals surface area (Å²) < 4.78 is 5.50. The van der Waals surface area contributed by atoms with E-state index in [9.17, 15) is 24.4 Å². The number of carboxylic acid groups (broad SMARTS) is 1. The number of rotatable bonds is 4. The van der Waals surface area contributed by atoms with Crippen molar-refractivity contribution in [3.8, 4) is 6.07 Å². The normalized spacial score (nSPS) is 22.5. The Kier molecular flexibility index (Phi) is 6.91. The SMILES string of the molecule is CC(C)(C)OC(=O)N1C(C(=O)N2CCC[C@H]2C#N)CC[C@H]1C(=O)Nc1ccc(C(=O)O)cc1. The largest absolute Gasteiger partial charge is 0.478 e. The number of nitrogens with one attached hydrogen (secondary N) is 1. The Hall–Kier alpha value is -3.61. The maximum absolute atomic E-state index is 13.3. The summed E-state index contributed by atoms with van der Waals surface area (Å²) in [5.74, 6) is -1.94. The number of hydrogen-bond acceptors (Lipinski definition) is 6. The summed E-state index contributed by atoms with van der Waals surface area (Å²) in [7, 11) is 0. The third-order valence-electron chi connectivity index (χ3n) is 5.66. The van der Waals surface area contributed by atoms with E-state index in [-0.39, 0.29) is 24.3 Å². The van der Waals surface area contributed by atoms with Crippen LogP contribution in [0.25, 0.3) is 0 Å². The molecular weight excluding hydrogens is 428 g/mol. The molecule has 2 aliphatic rings. The molecule has 0 saturated carbocycles. The molecule has 3 atom stereocenters. The van der Waals surface area contributed by atoms with Gasteiger partial charge >= 0.3 is 12.1 Å². The Morgan fingerprint density at radius 3 is 2.30 bits per heavy atom. The topological polar surface area (TPSA) is 140 Å². The van der Waals surface area contributed by atoms with Crippen molar-refractivity contribution in [1.82, 2.24) is 9.80 Å². The fourth-order valence-corrected chi connectivity index (χ4v) is 4.16. The number of ether oxygens (including phenoxy) is 1. The fourth-order valence-electron chi connectivity index (χ4n) is 4.16. The van der Waals surface area contributed by atoms with Crippen LogP contribution < -0.4 is 5.32 Å². The van der Waals surface area contributed by atoms with Crippen molar-refractivity contribution in [2.45, 2.75) is 70.2 Å². The van der Waals surface area contributed by atoms with E-state index >= 15 is 0 Å². The van der Waals surface area contributed by atoms with Gasteiger partial charge in [-0.05, 0) is 70.7 Å². The second kappa shape index (κ2) is 9.48. The Bertz CT molecular complexity index is 978. The molecule has 0 aromatic heterocycles.